The van der Waals surface area contributed by atoms with E-state index in [1.807, 2.05) is 50.4 Å². The van der Waals surface area contributed by atoms with Crippen molar-refractivity contribution in [3.05, 3.63) is 54.1 Å². The first-order chi connectivity index (χ1) is 17.6. The Morgan fingerprint density at radius 2 is 1.59 bits per heavy atom. The minimum absolute atomic E-state index is 0.00175. The molecule has 0 aromatic heterocycles. The van der Waals surface area contributed by atoms with Crippen LogP contribution in [0.4, 0.5) is 5.69 Å². The molecule has 3 atom stereocenters. The minimum Gasteiger partial charge on any atom is -0.481 e. The zero-order valence-corrected chi connectivity index (χ0v) is 21.1. The fourth-order valence-corrected chi connectivity index (χ4v) is 4.97. The Labute approximate surface area is 216 Å². The fraction of sp³-hybridized carbons (Fsp3) is 0.444. The van der Waals surface area contributed by atoms with Crippen LogP contribution in [0.1, 0.15) is 31.7 Å². The molecule has 1 heterocycles. The van der Waals surface area contributed by atoms with Crippen molar-refractivity contribution in [2.24, 2.45) is 11.8 Å². The van der Waals surface area contributed by atoms with E-state index in [9.17, 15) is 29.7 Å². The number of hydrogen-bond acceptors (Lipinski definition) is 7. The van der Waals surface area contributed by atoms with Crippen LogP contribution in [0.25, 0.3) is 0 Å². The number of benzene rings is 2. The second-order valence-corrected chi connectivity index (χ2v) is 9.66. The smallest absolute Gasteiger partial charge is 0.317 e. The number of rotatable bonds is 11. The van der Waals surface area contributed by atoms with Gasteiger partial charge >= 0.3 is 17.9 Å². The van der Waals surface area contributed by atoms with Gasteiger partial charge in [-0.2, -0.15) is 0 Å². The van der Waals surface area contributed by atoms with Gasteiger partial charge in [0.2, 0.25) is 0 Å². The number of aliphatic carboxylic acids is 3. The van der Waals surface area contributed by atoms with Crippen molar-refractivity contribution in [2.45, 2.75) is 31.7 Å². The predicted molar refractivity (Wildman–Crippen MR) is 138 cm³/mol. The van der Waals surface area contributed by atoms with Gasteiger partial charge in [-0.25, -0.2) is 0 Å². The Hall–Kier alpha value is -3.63. The summed E-state index contributed by atoms with van der Waals surface area (Å²) in [5.41, 5.74) is 0.719. The predicted octanol–water partition coefficient (Wildman–Crippen LogP) is 3.30. The zero-order valence-electron chi connectivity index (χ0n) is 21.1. The van der Waals surface area contributed by atoms with E-state index in [0.29, 0.717) is 30.9 Å². The molecule has 0 radical (unpaired) electrons. The van der Waals surface area contributed by atoms with Gasteiger partial charge in [0.15, 0.2) is 0 Å². The van der Waals surface area contributed by atoms with E-state index in [4.69, 9.17) is 4.74 Å². The topological polar surface area (TPSA) is 148 Å². The number of carbonyl (C=O) groups is 3. The molecule has 3 unspecified atom stereocenters. The Bertz CT molecular complexity index is 1070. The van der Waals surface area contributed by atoms with Crippen molar-refractivity contribution in [3.8, 4) is 11.5 Å². The summed E-state index contributed by atoms with van der Waals surface area (Å²) in [5.74, 6) is -1.94. The number of nitrogens with zero attached hydrogens (tertiary/aromatic N) is 1. The quantitative estimate of drug-likeness (QED) is 0.303. The number of ether oxygens (including phenoxy) is 1. The lowest BCUT2D eigenvalue weighted by molar-refractivity contribution is -0.140. The average Bonchev–Trinajstić information content (AvgIpc) is 2.84. The third-order valence-electron chi connectivity index (χ3n) is 6.97. The number of carboxylic acids is 3. The summed E-state index contributed by atoms with van der Waals surface area (Å²) in [4.78, 5) is 36.6. The van der Waals surface area contributed by atoms with Crippen LogP contribution in [0.5, 0.6) is 11.5 Å². The first-order valence-corrected chi connectivity index (χ1v) is 12.3. The molecule has 200 valence electrons. The lowest BCUT2D eigenvalue weighted by atomic mass is 9.73. The highest BCUT2D eigenvalue weighted by Crippen LogP contribution is 2.38. The van der Waals surface area contributed by atoms with E-state index >= 15 is 0 Å². The van der Waals surface area contributed by atoms with Crippen molar-refractivity contribution >= 4 is 23.6 Å². The molecule has 1 fully saturated rings. The summed E-state index contributed by atoms with van der Waals surface area (Å²) in [6.45, 7) is 2.10. The van der Waals surface area contributed by atoms with E-state index in [-0.39, 0.29) is 37.9 Å². The maximum absolute atomic E-state index is 11.7. The van der Waals surface area contributed by atoms with Gasteiger partial charge in [0.1, 0.15) is 11.5 Å². The van der Waals surface area contributed by atoms with Crippen LogP contribution in [0.15, 0.2) is 48.5 Å². The van der Waals surface area contributed by atoms with Gasteiger partial charge in [0, 0.05) is 25.7 Å². The van der Waals surface area contributed by atoms with Crippen LogP contribution >= 0.6 is 0 Å². The SMILES string of the molecule is CNc1ccc(Oc2ccc(C3(NCC(=O)O)CC(CC(=O)O)C(C)CCN(CC(=O)O)C3)cc2)cc1. The standard InChI is InChI=1S/C27H35N3O7/c1-18-11-12-30(16-26(35)36)17-27(29-15-25(33)34,14-19(18)13-24(31)32)20-3-7-22(8-4-20)37-23-9-5-21(28-2)6-10-23/h3-10,18-19,28-29H,11-17H2,1-2H3,(H,31,32)(H,33,34)(H,35,36). The molecule has 10 nitrogen and oxygen atoms in total. The molecule has 0 amide bonds. The van der Waals surface area contributed by atoms with Crippen LogP contribution in [0.3, 0.4) is 0 Å². The number of carboxylic acid groups (broad SMARTS) is 3. The summed E-state index contributed by atoms with van der Waals surface area (Å²) in [6, 6.07) is 14.7. The highest BCUT2D eigenvalue weighted by atomic mass is 16.5. The van der Waals surface area contributed by atoms with Gasteiger partial charge in [0.25, 0.3) is 0 Å². The molecule has 2 aromatic carbocycles. The van der Waals surface area contributed by atoms with Gasteiger partial charge in [-0.05, 0) is 73.2 Å². The Kier molecular flexibility index (Phi) is 9.48. The molecule has 1 aliphatic rings. The molecular formula is C27H35N3O7. The average molecular weight is 514 g/mol. The monoisotopic (exact) mass is 513 g/mol. The molecule has 0 aliphatic carbocycles. The number of hydrogen-bond donors (Lipinski definition) is 5. The van der Waals surface area contributed by atoms with E-state index in [2.05, 4.69) is 10.6 Å². The van der Waals surface area contributed by atoms with E-state index in [1.54, 1.807) is 17.0 Å². The zero-order chi connectivity index (χ0) is 27.0. The third kappa shape index (κ3) is 7.93. The lowest BCUT2D eigenvalue weighted by Crippen LogP contribution is -2.56. The Morgan fingerprint density at radius 1 is 0.973 bits per heavy atom. The highest BCUT2D eigenvalue weighted by molar-refractivity contribution is 5.70. The van der Waals surface area contributed by atoms with Crippen LogP contribution in [0, 0.1) is 11.8 Å². The van der Waals surface area contributed by atoms with Crippen molar-refractivity contribution in [2.75, 3.05) is 38.5 Å². The van der Waals surface area contributed by atoms with E-state index in [0.717, 1.165) is 11.3 Å². The Morgan fingerprint density at radius 3 is 2.14 bits per heavy atom. The number of nitrogens with one attached hydrogen (secondary N) is 2. The normalized spacial score (nSPS) is 22.4. The van der Waals surface area contributed by atoms with Crippen LogP contribution in [-0.4, -0.2) is 71.4 Å². The molecule has 2 aromatic rings. The van der Waals surface area contributed by atoms with E-state index < -0.39 is 23.4 Å². The van der Waals surface area contributed by atoms with Gasteiger partial charge in [-0.15, -0.1) is 0 Å². The molecule has 10 heteroatoms. The van der Waals surface area contributed by atoms with Gasteiger partial charge in [0.05, 0.1) is 18.6 Å². The van der Waals surface area contributed by atoms with Crippen molar-refractivity contribution in [1.29, 1.82) is 0 Å². The highest BCUT2D eigenvalue weighted by Gasteiger charge is 2.41. The largest absolute Gasteiger partial charge is 0.481 e. The van der Waals surface area contributed by atoms with Crippen molar-refractivity contribution in [3.63, 3.8) is 0 Å². The van der Waals surface area contributed by atoms with Crippen molar-refractivity contribution in [1.82, 2.24) is 10.2 Å². The molecular weight excluding hydrogens is 478 g/mol. The third-order valence-corrected chi connectivity index (χ3v) is 6.97. The molecule has 3 rings (SSSR count). The van der Waals surface area contributed by atoms with Gasteiger partial charge in [-0.1, -0.05) is 19.1 Å². The van der Waals surface area contributed by atoms with Gasteiger partial charge in [-0.3, -0.25) is 24.6 Å². The molecule has 5 N–H and O–H groups in total. The Balaban J connectivity index is 1.97. The summed E-state index contributed by atoms with van der Waals surface area (Å²) in [6.07, 6.45) is 0.940. The minimum atomic E-state index is -1.06. The summed E-state index contributed by atoms with van der Waals surface area (Å²) in [5, 5.41) is 34.7. The molecule has 0 saturated carbocycles. The summed E-state index contributed by atoms with van der Waals surface area (Å²) >= 11 is 0. The summed E-state index contributed by atoms with van der Waals surface area (Å²) in [7, 11) is 1.83. The molecule has 1 saturated heterocycles. The summed E-state index contributed by atoms with van der Waals surface area (Å²) < 4.78 is 5.95. The van der Waals surface area contributed by atoms with E-state index in [1.165, 1.54) is 0 Å². The maximum Gasteiger partial charge on any atom is 0.317 e. The first kappa shape index (κ1) is 27.9. The number of anilines is 1. The van der Waals surface area contributed by atoms with Crippen LogP contribution < -0.4 is 15.4 Å². The van der Waals surface area contributed by atoms with Crippen molar-refractivity contribution < 1.29 is 34.4 Å². The fourth-order valence-electron chi connectivity index (χ4n) is 4.97. The molecule has 1 aliphatic heterocycles. The van der Waals surface area contributed by atoms with Gasteiger partial charge < -0.3 is 25.4 Å². The second kappa shape index (κ2) is 12.6. The molecule has 0 bridgehead atoms. The maximum atomic E-state index is 11.7. The first-order valence-electron chi connectivity index (χ1n) is 12.3. The molecule has 0 spiro atoms. The second-order valence-electron chi connectivity index (χ2n) is 9.66. The lowest BCUT2D eigenvalue weighted by Gasteiger charge is -2.45. The van der Waals surface area contributed by atoms with Crippen LogP contribution in [-0.2, 0) is 19.9 Å². The molecule has 37 heavy (non-hydrogen) atoms. The van der Waals surface area contributed by atoms with Crippen LogP contribution in [0.2, 0.25) is 0 Å². The number of likely N-dealkylation sites (tertiary alicyclic amines) is 1.